The van der Waals surface area contributed by atoms with Gasteiger partial charge in [0, 0.05) is 17.8 Å². The Morgan fingerprint density at radius 1 is 1.29 bits per heavy atom. The highest BCUT2D eigenvalue weighted by Crippen LogP contribution is 2.21. The van der Waals surface area contributed by atoms with E-state index >= 15 is 0 Å². The molecule has 2 rings (SSSR count). The summed E-state index contributed by atoms with van der Waals surface area (Å²) >= 11 is 0. The van der Waals surface area contributed by atoms with Gasteiger partial charge in [-0.3, -0.25) is 4.79 Å². The van der Waals surface area contributed by atoms with Gasteiger partial charge in [-0.05, 0) is 37.6 Å². The third-order valence-electron chi connectivity index (χ3n) is 3.21. The van der Waals surface area contributed by atoms with Crippen LogP contribution in [-0.2, 0) is 6.42 Å². The lowest BCUT2D eigenvalue weighted by atomic mass is 10.1. The van der Waals surface area contributed by atoms with Gasteiger partial charge in [0.2, 0.25) is 0 Å². The molecule has 0 atom stereocenters. The minimum Gasteiger partial charge on any atom is -0.384 e. The smallest absolute Gasteiger partial charge is 0.258 e. The van der Waals surface area contributed by atoms with E-state index in [0.29, 0.717) is 24.3 Å². The molecule has 1 heterocycles. The van der Waals surface area contributed by atoms with Crippen LogP contribution in [0.15, 0.2) is 36.4 Å². The van der Waals surface area contributed by atoms with Crippen molar-refractivity contribution in [2.75, 3.05) is 17.2 Å². The van der Waals surface area contributed by atoms with Crippen LogP contribution in [0.5, 0.6) is 0 Å². The molecule has 0 aliphatic heterocycles. The van der Waals surface area contributed by atoms with Crippen molar-refractivity contribution >= 4 is 17.4 Å². The zero-order valence-electron chi connectivity index (χ0n) is 12.1. The van der Waals surface area contributed by atoms with E-state index in [2.05, 4.69) is 4.98 Å². The molecular formula is C16H18FN3O. The molecule has 4 nitrogen and oxygen atoms in total. The van der Waals surface area contributed by atoms with Gasteiger partial charge in [0.15, 0.2) is 0 Å². The maximum absolute atomic E-state index is 13.9. The number of aryl methyl sites for hydroxylation is 1. The molecular weight excluding hydrogens is 269 g/mol. The zero-order chi connectivity index (χ0) is 15.4. The third kappa shape index (κ3) is 3.18. The van der Waals surface area contributed by atoms with Gasteiger partial charge in [-0.1, -0.05) is 19.1 Å². The predicted molar refractivity (Wildman–Crippen MR) is 81.8 cm³/mol. The first-order valence-electron chi connectivity index (χ1n) is 6.89. The van der Waals surface area contributed by atoms with Gasteiger partial charge >= 0.3 is 0 Å². The molecule has 1 amide bonds. The van der Waals surface area contributed by atoms with E-state index in [4.69, 9.17) is 5.73 Å². The lowest BCUT2D eigenvalue weighted by Crippen LogP contribution is -2.31. The summed E-state index contributed by atoms with van der Waals surface area (Å²) in [6.45, 7) is 4.10. The summed E-state index contributed by atoms with van der Waals surface area (Å²) < 4.78 is 13.9. The van der Waals surface area contributed by atoms with Crippen LogP contribution in [0.25, 0.3) is 0 Å². The van der Waals surface area contributed by atoms with E-state index in [0.717, 1.165) is 5.69 Å². The van der Waals surface area contributed by atoms with E-state index in [1.54, 1.807) is 31.2 Å². The van der Waals surface area contributed by atoms with E-state index in [-0.39, 0.29) is 11.6 Å². The van der Waals surface area contributed by atoms with Gasteiger partial charge in [0.05, 0.1) is 5.69 Å². The number of amides is 1. The van der Waals surface area contributed by atoms with Crippen LogP contribution in [0.1, 0.15) is 29.9 Å². The number of nitrogen functional groups attached to an aromatic ring is 1. The van der Waals surface area contributed by atoms with E-state index < -0.39 is 5.82 Å². The Balaban J connectivity index is 2.41. The van der Waals surface area contributed by atoms with Crippen LogP contribution in [0.2, 0.25) is 0 Å². The van der Waals surface area contributed by atoms with Crippen LogP contribution in [-0.4, -0.2) is 17.4 Å². The Bertz CT molecular complexity index is 658. The van der Waals surface area contributed by atoms with Crippen molar-refractivity contribution in [1.82, 2.24) is 4.98 Å². The van der Waals surface area contributed by atoms with Crippen molar-refractivity contribution in [3.63, 3.8) is 0 Å². The molecule has 1 aromatic heterocycles. The Morgan fingerprint density at radius 2 is 2.00 bits per heavy atom. The Hall–Kier alpha value is -2.43. The largest absolute Gasteiger partial charge is 0.384 e. The van der Waals surface area contributed by atoms with Crippen molar-refractivity contribution in [2.24, 2.45) is 0 Å². The third-order valence-corrected chi connectivity index (χ3v) is 3.21. The fraction of sp³-hybridized carbons (Fsp3) is 0.250. The van der Waals surface area contributed by atoms with Crippen LogP contribution in [0.3, 0.4) is 0 Å². The van der Waals surface area contributed by atoms with Crippen LogP contribution in [0.4, 0.5) is 15.9 Å². The first-order valence-corrected chi connectivity index (χ1v) is 6.89. The number of halogens is 1. The van der Waals surface area contributed by atoms with Crippen molar-refractivity contribution in [3.05, 3.63) is 53.5 Å². The van der Waals surface area contributed by atoms with Crippen LogP contribution >= 0.6 is 0 Å². The second-order valence-electron chi connectivity index (χ2n) is 4.63. The number of carbonyl (C=O) groups excluding carboxylic acids is 1. The van der Waals surface area contributed by atoms with Crippen molar-refractivity contribution in [2.45, 2.75) is 20.3 Å². The van der Waals surface area contributed by atoms with E-state index in [1.165, 1.54) is 17.0 Å². The molecule has 0 aliphatic rings. The van der Waals surface area contributed by atoms with Crippen LogP contribution in [0, 0.1) is 5.82 Å². The first kappa shape index (κ1) is 15.0. The molecule has 110 valence electrons. The molecule has 2 aromatic rings. The zero-order valence-corrected chi connectivity index (χ0v) is 12.1. The molecule has 21 heavy (non-hydrogen) atoms. The summed E-state index contributed by atoms with van der Waals surface area (Å²) in [5.74, 6) is -0.417. The van der Waals surface area contributed by atoms with Crippen LogP contribution < -0.4 is 10.6 Å². The molecule has 0 aliphatic carbocycles. The van der Waals surface area contributed by atoms with E-state index in [1.807, 2.05) is 6.92 Å². The number of nitrogens with two attached hydrogens (primary N) is 1. The molecule has 0 bridgehead atoms. The molecule has 2 N–H and O–H groups in total. The van der Waals surface area contributed by atoms with Gasteiger partial charge < -0.3 is 10.6 Å². The molecule has 0 saturated heterocycles. The number of aromatic nitrogens is 1. The molecule has 0 saturated carbocycles. The van der Waals surface area contributed by atoms with Gasteiger partial charge in [-0.15, -0.1) is 0 Å². The molecule has 0 unspecified atom stereocenters. The highest BCUT2D eigenvalue weighted by atomic mass is 19.1. The quantitative estimate of drug-likeness (QED) is 0.940. The van der Waals surface area contributed by atoms with Gasteiger partial charge in [0.1, 0.15) is 11.6 Å². The highest BCUT2D eigenvalue weighted by Gasteiger charge is 2.19. The number of rotatable bonds is 4. The summed E-state index contributed by atoms with van der Waals surface area (Å²) in [6, 6.07) is 9.43. The molecule has 1 aromatic carbocycles. The summed E-state index contributed by atoms with van der Waals surface area (Å²) in [6.07, 6.45) is 0.678. The van der Waals surface area contributed by atoms with Gasteiger partial charge in [0.25, 0.3) is 5.91 Å². The monoisotopic (exact) mass is 287 g/mol. The SMILES string of the molecule is CCc1cc(C(=O)N(CC)c2ccccc2F)cc(N)n1. The topological polar surface area (TPSA) is 59.2 Å². The number of hydrogen-bond donors (Lipinski definition) is 1. The van der Waals surface area contributed by atoms with E-state index in [9.17, 15) is 9.18 Å². The molecule has 0 spiro atoms. The second-order valence-corrected chi connectivity index (χ2v) is 4.63. The Kier molecular flexibility index (Phi) is 4.52. The van der Waals surface area contributed by atoms with Crippen molar-refractivity contribution < 1.29 is 9.18 Å². The maximum Gasteiger partial charge on any atom is 0.258 e. The van der Waals surface area contributed by atoms with Crippen molar-refractivity contribution in [1.29, 1.82) is 0 Å². The average molecular weight is 287 g/mol. The molecule has 5 heteroatoms. The minimum absolute atomic E-state index is 0.262. The lowest BCUT2D eigenvalue weighted by molar-refractivity contribution is 0.0987. The summed E-state index contributed by atoms with van der Waals surface area (Å²) in [7, 11) is 0. The fourth-order valence-corrected chi connectivity index (χ4v) is 2.17. The standard InChI is InChI=1S/C16H18FN3O/c1-3-12-9-11(10-15(18)19-12)16(21)20(4-2)14-8-6-5-7-13(14)17/h5-10H,3-4H2,1-2H3,(H2,18,19). The average Bonchev–Trinajstić information content (AvgIpc) is 2.49. The Labute approximate surface area is 123 Å². The summed E-state index contributed by atoms with van der Waals surface area (Å²) in [5, 5.41) is 0. The lowest BCUT2D eigenvalue weighted by Gasteiger charge is -2.22. The maximum atomic E-state index is 13.9. The first-order chi connectivity index (χ1) is 10.1. The van der Waals surface area contributed by atoms with Crippen molar-refractivity contribution in [3.8, 4) is 0 Å². The predicted octanol–water partition coefficient (Wildman–Crippen LogP) is 3.03. The number of para-hydroxylation sites is 1. The van der Waals surface area contributed by atoms with Gasteiger partial charge in [-0.2, -0.15) is 0 Å². The second kappa shape index (κ2) is 6.35. The minimum atomic E-state index is -0.426. The highest BCUT2D eigenvalue weighted by molar-refractivity contribution is 6.06. The Morgan fingerprint density at radius 3 is 2.62 bits per heavy atom. The molecule has 0 fully saturated rings. The molecule has 0 radical (unpaired) electrons. The number of hydrogen-bond acceptors (Lipinski definition) is 3. The number of benzene rings is 1. The summed E-state index contributed by atoms with van der Waals surface area (Å²) in [5.41, 5.74) is 7.15. The number of pyridine rings is 1. The summed E-state index contributed by atoms with van der Waals surface area (Å²) in [4.78, 5) is 18.2. The van der Waals surface area contributed by atoms with Gasteiger partial charge in [-0.25, -0.2) is 9.37 Å². The normalized spacial score (nSPS) is 10.4. The fourth-order valence-electron chi connectivity index (χ4n) is 2.17. The number of nitrogens with zero attached hydrogens (tertiary/aromatic N) is 2. The number of carbonyl (C=O) groups is 1. The number of anilines is 2.